The third-order valence-electron chi connectivity index (χ3n) is 6.36. The van der Waals surface area contributed by atoms with Gasteiger partial charge in [-0.1, -0.05) is 12.0 Å². The normalized spacial score (nSPS) is 18.4. The minimum Gasteiger partial charge on any atom is -0.495 e. The number of aromatic nitrogens is 1. The molecule has 2 aromatic carbocycles. The third-order valence-corrected chi connectivity index (χ3v) is 7.09. The number of piperidine rings is 1. The van der Waals surface area contributed by atoms with Crippen LogP contribution in [0, 0.1) is 11.8 Å². The van der Waals surface area contributed by atoms with Crippen molar-refractivity contribution in [2.75, 3.05) is 50.7 Å². The predicted molar refractivity (Wildman–Crippen MR) is 143 cm³/mol. The molecule has 2 heterocycles. The highest BCUT2D eigenvalue weighted by Gasteiger charge is 2.31. The molecule has 4 rings (SSSR count). The summed E-state index contributed by atoms with van der Waals surface area (Å²) in [6.07, 6.45) is -2.91. The summed E-state index contributed by atoms with van der Waals surface area (Å²) in [6.45, 7) is 0.114. The van der Waals surface area contributed by atoms with Gasteiger partial charge in [0.25, 0.3) is 0 Å². The van der Waals surface area contributed by atoms with Crippen LogP contribution in [0.5, 0.6) is 5.75 Å². The van der Waals surface area contributed by atoms with E-state index in [0.717, 1.165) is 17.1 Å². The van der Waals surface area contributed by atoms with Crippen LogP contribution in [0.2, 0.25) is 0 Å². The molecule has 0 amide bonds. The quantitative estimate of drug-likeness (QED) is 0.226. The van der Waals surface area contributed by atoms with Gasteiger partial charge >= 0.3 is 6.18 Å². The van der Waals surface area contributed by atoms with E-state index in [0.29, 0.717) is 35.3 Å². The van der Waals surface area contributed by atoms with Crippen molar-refractivity contribution in [3.63, 3.8) is 0 Å². The van der Waals surface area contributed by atoms with Crippen molar-refractivity contribution >= 4 is 34.0 Å². The average Bonchev–Trinajstić information content (AvgIpc) is 3.20. The van der Waals surface area contributed by atoms with Crippen LogP contribution in [-0.2, 0) is 6.54 Å². The smallest absolute Gasteiger partial charge is 0.406 e. The van der Waals surface area contributed by atoms with E-state index < -0.39 is 24.9 Å². The topological polar surface area (TPSA) is 41.5 Å². The zero-order valence-corrected chi connectivity index (χ0v) is 21.8. The first-order chi connectivity index (χ1) is 17.7. The molecule has 37 heavy (non-hydrogen) atoms. The van der Waals surface area contributed by atoms with Gasteiger partial charge in [0.1, 0.15) is 18.5 Å². The molecule has 1 fully saturated rings. The Bertz CT molecular complexity index is 1300. The summed E-state index contributed by atoms with van der Waals surface area (Å²) in [5.41, 5.74) is 2.00. The number of nitrogens with zero attached hydrogens (tertiary/aromatic N) is 2. The van der Waals surface area contributed by atoms with Gasteiger partial charge in [-0.2, -0.15) is 13.2 Å². The van der Waals surface area contributed by atoms with E-state index in [9.17, 15) is 17.6 Å². The molecular weight excluding hydrogens is 504 g/mol. The summed E-state index contributed by atoms with van der Waals surface area (Å²) in [5, 5.41) is 6.99. The van der Waals surface area contributed by atoms with Crippen LogP contribution in [0.3, 0.4) is 0 Å². The number of methoxy groups -OCH3 is 1. The number of fused-ring (bicyclic) bond motifs is 1. The molecular formula is C27H30F4N4OS. The molecule has 0 bridgehead atoms. The number of alkyl halides is 4. The number of rotatable bonds is 7. The highest BCUT2D eigenvalue weighted by Crippen LogP contribution is 2.32. The lowest BCUT2D eigenvalue weighted by atomic mass is 10.0. The molecule has 5 nitrogen and oxygen atoms in total. The zero-order valence-electron chi connectivity index (χ0n) is 21.0. The average molecular weight is 535 g/mol. The summed E-state index contributed by atoms with van der Waals surface area (Å²) in [5.74, 6) is 6.49. The largest absolute Gasteiger partial charge is 0.495 e. The first kappa shape index (κ1) is 27.0. The van der Waals surface area contributed by atoms with E-state index in [-0.39, 0.29) is 12.2 Å². The Morgan fingerprint density at radius 1 is 1.16 bits per heavy atom. The van der Waals surface area contributed by atoms with Gasteiger partial charge in [0.2, 0.25) is 0 Å². The maximum absolute atomic E-state index is 14.6. The Labute approximate surface area is 218 Å². The van der Waals surface area contributed by atoms with Crippen LogP contribution < -0.4 is 15.4 Å². The number of nitrogens with one attached hydrogen (secondary N) is 2. The molecule has 3 aromatic rings. The summed E-state index contributed by atoms with van der Waals surface area (Å²) in [4.78, 5) is 2.98. The lowest BCUT2D eigenvalue weighted by Crippen LogP contribution is -2.46. The first-order valence-electron chi connectivity index (χ1n) is 11.9. The standard InChI is InChI=1S/C27H30F4N4OS/c1-34-13-11-23(21(28)16-34)33-22-7-4-8-25-20(22)14-18(35(25)17-27(29,30)31)6-5-12-32-24-10-9-19(37-3)15-26(24)36-2/h4,7-10,14-15,21,23,32-33H,11-13,16-17H2,1-3H3. The molecule has 0 spiro atoms. The van der Waals surface area contributed by atoms with Crippen LogP contribution in [0.4, 0.5) is 28.9 Å². The number of anilines is 2. The van der Waals surface area contributed by atoms with Crippen LogP contribution in [0.15, 0.2) is 47.4 Å². The minimum absolute atomic E-state index is 0.215. The Balaban J connectivity index is 1.60. The summed E-state index contributed by atoms with van der Waals surface area (Å²) < 4.78 is 61.6. The number of halogens is 4. The molecule has 1 aliphatic rings. The summed E-state index contributed by atoms with van der Waals surface area (Å²) in [6, 6.07) is 12.1. The molecule has 1 aromatic heterocycles. The number of hydrogen-bond donors (Lipinski definition) is 2. The Hall–Kier alpha value is -3.03. The van der Waals surface area contributed by atoms with Gasteiger partial charge in [0.05, 0.1) is 36.6 Å². The van der Waals surface area contributed by atoms with Gasteiger partial charge in [0.15, 0.2) is 0 Å². The van der Waals surface area contributed by atoms with Crippen molar-refractivity contribution in [2.45, 2.75) is 36.3 Å². The molecule has 10 heteroatoms. The highest BCUT2D eigenvalue weighted by atomic mass is 32.2. The molecule has 0 radical (unpaired) electrons. The Kier molecular flexibility index (Phi) is 8.45. The highest BCUT2D eigenvalue weighted by molar-refractivity contribution is 7.98. The van der Waals surface area contributed by atoms with Crippen molar-refractivity contribution in [3.05, 3.63) is 48.2 Å². The van der Waals surface area contributed by atoms with Crippen LogP contribution in [0.25, 0.3) is 10.9 Å². The second-order valence-electron chi connectivity index (χ2n) is 9.01. The van der Waals surface area contributed by atoms with Gasteiger partial charge in [-0.25, -0.2) is 4.39 Å². The number of hydrogen-bond acceptors (Lipinski definition) is 5. The van der Waals surface area contributed by atoms with E-state index in [1.165, 1.54) is 4.57 Å². The van der Waals surface area contributed by atoms with Crippen molar-refractivity contribution in [1.29, 1.82) is 0 Å². The molecule has 2 N–H and O–H groups in total. The third kappa shape index (κ3) is 6.65. The number of ether oxygens (including phenoxy) is 1. The zero-order chi connectivity index (χ0) is 26.6. The van der Waals surface area contributed by atoms with E-state index in [1.807, 2.05) is 36.4 Å². The monoisotopic (exact) mass is 534 g/mol. The lowest BCUT2D eigenvalue weighted by Gasteiger charge is -2.33. The molecule has 198 valence electrons. The van der Waals surface area contributed by atoms with Crippen LogP contribution in [-0.4, -0.2) is 67.9 Å². The Morgan fingerprint density at radius 2 is 1.97 bits per heavy atom. The molecule has 2 atom stereocenters. The molecule has 2 unspecified atom stereocenters. The number of likely N-dealkylation sites (tertiary alicyclic amines) is 1. The van der Waals surface area contributed by atoms with Crippen molar-refractivity contribution in [2.24, 2.45) is 0 Å². The van der Waals surface area contributed by atoms with E-state index >= 15 is 0 Å². The second kappa shape index (κ2) is 11.6. The second-order valence-corrected chi connectivity index (χ2v) is 9.89. The Morgan fingerprint density at radius 3 is 2.68 bits per heavy atom. The lowest BCUT2D eigenvalue weighted by molar-refractivity contribution is -0.140. The maximum atomic E-state index is 14.6. The number of thioether (sulfide) groups is 1. The van der Waals surface area contributed by atoms with Gasteiger partial charge in [-0.15, -0.1) is 11.8 Å². The van der Waals surface area contributed by atoms with Crippen LogP contribution >= 0.6 is 11.8 Å². The number of benzene rings is 2. The van der Waals surface area contributed by atoms with E-state index in [1.54, 1.807) is 43.1 Å². The van der Waals surface area contributed by atoms with E-state index in [2.05, 4.69) is 22.5 Å². The summed E-state index contributed by atoms with van der Waals surface area (Å²) >= 11 is 1.59. The maximum Gasteiger partial charge on any atom is 0.406 e. The SMILES string of the molecule is COc1cc(SC)ccc1NCC#Cc1cc2c(NC3CCN(C)CC3F)cccc2n1CC(F)(F)F. The first-order valence-corrected chi connectivity index (χ1v) is 13.1. The minimum atomic E-state index is -4.42. The fourth-order valence-electron chi connectivity index (χ4n) is 4.50. The molecule has 0 saturated carbocycles. The molecule has 0 aliphatic carbocycles. The molecule has 1 saturated heterocycles. The van der Waals surface area contributed by atoms with E-state index in [4.69, 9.17) is 4.74 Å². The molecule has 1 aliphatic heterocycles. The predicted octanol–water partition coefficient (Wildman–Crippen LogP) is 5.85. The van der Waals surface area contributed by atoms with Crippen molar-refractivity contribution in [1.82, 2.24) is 9.47 Å². The van der Waals surface area contributed by atoms with Crippen molar-refractivity contribution < 1.29 is 22.3 Å². The van der Waals surface area contributed by atoms with Gasteiger partial charge in [-0.05, 0) is 62.0 Å². The van der Waals surface area contributed by atoms with Gasteiger partial charge in [-0.3, -0.25) is 0 Å². The van der Waals surface area contributed by atoms with Gasteiger partial charge < -0.3 is 24.8 Å². The fourth-order valence-corrected chi connectivity index (χ4v) is 4.93. The van der Waals surface area contributed by atoms with Crippen LogP contribution in [0.1, 0.15) is 12.1 Å². The van der Waals surface area contributed by atoms with Gasteiger partial charge in [0, 0.05) is 29.1 Å². The summed E-state index contributed by atoms with van der Waals surface area (Å²) in [7, 11) is 3.45. The van der Waals surface area contributed by atoms with Crippen molar-refractivity contribution in [3.8, 4) is 17.6 Å². The fraction of sp³-hybridized carbons (Fsp3) is 0.407.